The van der Waals surface area contributed by atoms with E-state index < -0.39 is 5.97 Å². The van der Waals surface area contributed by atoms with Crippen LogP contribution in [-0.4, -0.2) is 50.4 Å². The molecule has 1 atom stereocenters. The number of imidazole rings is 1. The number of nitrogens with zero attached hydrogens (tertiary/aromatic N) is 4. The Labute approximate surface area is 169 Å². The lowest BCUT2D eigenvalue weighted by molar-refractivity contribution is -0.0589. The summed E-state index contributed by atoms with van der Waals surface area (Å²) in [6.45, 7) is 3.23. The highest BCUT2D eigenvalue weighted by molar-refractivity contribution is 9.10. The Balaban J connectivity index is 1.80. The highest BCUT2D eigenvalue weighted by Gasteiger charge is 2.23. The zero-order valence-electron chi connectivity index (χ0n) is 15.5. The molecule has 1 aromatic carbocycles. The van der Waals surface area contributed by atoms with Crippen molar-refractivity contribution in [2.45, 2.75) is 32.4 Å². The zero-order chi connectivity index (χ0) is 19.8. The third kappa shape index (κ3) is 3.47. The molecule has 3 aromatic rings. The maximum absolute atomic E-state index is 11.5. The minimum absolute atomic E-state index is 0.102. The highest BCUT2D eigenvalue weighted by Crippen LogP contribution is 2.27. The van der Waals surface area contributed by atoms with Crippen LogP contribution in [0.15, 0.2) is 22.8 Å². The molecule has 0 spiro atoms. The van der Waals surface area contributed by atoms with Crippen LogP contribution in [0.2, 0.25) is 0 Å². The molecule has 1 fully saturated rings. The Kier molecular flexibility index (Phi) is 5.03. The normalized spacial score (nSPS) is 16.2. The first-order chi connectivity index (χ1) is 13.5. The third-order valence-electron chi connectivity index (χ3n) is 4.82. The molecular weight excluding hydrogens is 428 g/mol. The van der Waals surface area contributed by atoms with Crippen LogP contribution in [0.25, 0.3) is 11.0 Å². The molecule has 1 N–H and O–H groups in total. The first-order valence-electron chi connectivity index (χ1n) is 8.86. The first kappa shape index (κ1) is 18.8. The van der Waals surface area contributed by atoms with Gasteiger partial charge in [0, 0.05) is 12.8 Å². The lowest BCUT2D eigenvalue weighted by Crippen LogP contribution is -2.31. The second-order valence-corrected chi connectivity index (χ2v) is 7.56. The number of carboxylic acid groups (broad SMARTS) is 1. The lowest BCUT2D eigenvalue weighted by Gasteiger charge is -2.27. The van der Waals surface area contributed by atoms with E-state index in [4.69, 9.17) is 14.5 Å². The molecule has 1 saturated heterocycles. The molecule has 0 radical (unpaired) electrons. The molecule has 9 heteroatoms. The minimum atomic E-state index is -0.958. The van der Waals surface area contributed by atoms with Crippen LogP contribution in [0.5, 0.6) is 5.88 Å². The summed E-state index contributed by atoms with van der Waals surface area (Å²) in [5, 5.41) is 9.43. The number of methoxy groups -OCH3 is 1. The number of fused-ring (bicyclic) bond motifs is 1. The van der Waals surface area contributed by atoms with E-state index in [1.54, 1.807) is 25.4 Å². The van der Waals surface area contributed by atoms with Gasteiger partial charge in [-0.2, -0.15) is 4.98 Å². The summed E-state index contributed by atoms with van der Waals surface area (Å²) in [4.78, 5) is 25.1. The first-order valence-corrected chi connectivity index (χ1v) is 9.65. The smallest absolute Gasteiger partial charge is 0.335 e. The van der Waals surface area contributed by atoms with Gasteiger partial charge in [0.25, 0.3) is 0 Å². The molecule has 0 bridgehead atoms. The van der Waals surface area contributed by atoms with Crippen molar-refractivity contribution in [2.24, 2.45) is 0 Å². The number of hydrogen-bond donors (Lipinski definition) is 1. The number of rotatable bonds is 6. The topological polar surface area (TPSA) is 99.4 Å². The van der Waals surface area contributed by atoms with E-state index in [1.165, 1.54) is 0 Å². The fourth-order valence-corrected chi connectivity index (χ4v) is 3.64. The average Bonchev–Trinajstić information content (AvgIpc) is 2.97. The number of benzene rings is 1. The van der Waals surface area contributed by atoms with Crippen LogP contribution < -0.4 is 4.74 Å². The Morgan fingerprint density at radius 1 is 1.43 bits per heavy atom. The van der Waals surface area contributed by atoms with Gasteiger partial charge in [0.2, 0.25) is 5.88 Å². The number of aromatic carboxylic acids is 1. The van der Waals surface area contributed by atoms with Crippen molar-refractivity contribution in [3.05, 3.63) is 45.6 Å². The fourth-order valence-electron chi connectivity index (χ4n) is 3.29. The Morgan fingerprint density at radius 3 is 2.86 bits per heavy atom. The van der Waals surface area contributed by atoms with Crippen molar-refractivity contribution in [3.63, 3.8) is 0 Å². The molecule has 1 aliphatic rings. The molecule has 2 aromatic heterocycles. The van der Waals surface area contributed by atoms with Gasteiger partial charge in [-0.05, 0) is 47.0 Å². The van der Waals surface area contributed by atoms with E-state index in [1.807, 2.05) is 11.5 Å². The van der Waals surface area contributed by atoms with E-state index >= 15 is 0 Å². The van der Waals surface area contributed by atoms with Gasteiger partial charge >= 0.3 is 5.97 Å². The number of carboxylic acids is 1. The summed E-state index contributed by atoms with van der Waals surface area (Å²) < 4.78 is 13.6. The average molecular weight is 447 g/mol. The predicted octanol–water partition coefficient (Wildman–Crippen LogP) is 2.98. The summed E-state index contributed by atoms with van der Waals surface area (Å²) in [6.07, 6.45) is 3.12. The second kappa shape index (κ2) is 7.48. The van der Waals surface area contributed by atoms with Crippen molar-refractivity contribution in [2.75, 3.05) is 13.7 Å². The SMILES string of the molecule is COc1nc(Cc2nc3c(C)cc(C(=O)O)cc3n2CC2CCO2)ncc1Br. The molecule has 0 aliphatic carbocycles. The van der Waals surface area contributed by atoms with Gasteiger partial charge in [-0.1, -0.05) is 0 Å². The summed E-state index contributed by atoms with van der Waals surface area (Å²) in [5.74, 6) is 0.835. The van der Waals surface area contributed by atoms with Gasteiger partial charge in [-0.15, -0.1) is 0 Å². The maximum atomic E-state index is 11.5. The molecular formula is C19H19BrN4O4. The van der Waals surface area contributed by atoms with Gasteiger partial charge in [0.1, 0.15) is 11.6 Å². The molecule has 8 nitrogen and oxygen atoms in total. The summed E-state index contributed by atoms with van der Waals surface area (Å²) in [7, 11) is 1.55. The fraction of sp³-hybridized carbons (Fsp3) is 0.368. The van der Waals surface area contributed by atoms with E-state index in [2.05, 4.69) is 25.9 Å². The van der Waals surface area contributed by atoms with Gasteiger partial charge in [-0.3, -0.25) is 0 Å². The van der Waals surface area contributed by atoms with Crippen molar-refractivity contribution < 1.29 is 19.4 Å². The third-order valence-corrected chi connectivity index (χ3v) is 5.37. The number of ether oxygens (including phenoxy) is 2. The van der Waals surface area contributed by atoms with E-state index in [9.17, 15) is 9.90 Å². The van der Waals surface area contributed by atoms with E-state index in [-0.39, 0.29) is 11.7 Å². The van der Waals surface area contributed by atoms with Crippen molar-refractivity contribution in [3.8, 4) is 5.88 Å². The molecule has 1 unspecified atom stereocenters. The van der Waals surface area contributed by atoms with Crippen LogP contribution in [0, 0.1) is 6.92 Å². The largest absolute Gasteiger partial charge is 0.480 e. The molecule has 146 valence electrons. The van der Waals surface area contributed by atoms with E-state index in [0.717, 1.165) is 35.4 Å². The molecule has 28 heavy (non-hydrogen) atoms. The summed E-state index contributed by atoms with van der Waals surface area (Å²) in [6, 6.07) is 3.31. The maximum Gasteiger partial charge on any atom is 0.335 e. The number of hydrogen-bond acceptors (Lipinski definition) is 6. The zero-order valence-corrected chi connectivity index (χ0v) is 17.1. The summed E-state index contributed by atoms with van der Waals surface area (Å²) in [5.41, 5.74) is 2.63. The van der Waals surface area contributed by atoms with Crippen molar-refractivity contribution in [1.29, 1.82) is 0 Å². The van der Waals surface area contributed by atoms with Crippen molar-refractivity contribution >= 4 is 32.9 Å². The van der Waals surface area contributed by atoms with Gasteiger partial charge in [0.05, 0.1) is 47.2 Å². The van der Waals surface area contributed by atoms with Crippen LogP contribution >= 0.6 is 15.9 Å². The van der Waals surface area contributed by atoms with Gasteiger partial charge in [0.15, 0.2) is 0 Å². The van der Waals surface area contributed by atoms with Gasteiger partial charge in [-0.25, -0.2) is 14.8 Å². The molecule has 0 amide bonds. The molecule has 0 saturated carbocycles. The Bertz CT molecular complexity index is 1060. The Hall–Kier alpha value is -2.52. The second-order valence-electron chi connectivity index (χ2n) is 6.71. The number of aromatic nitrogens is 4. The number of halogens is 1. The highest BCUT2D eigenvalue weighted by atomic mass is 79.9. The number of carbonyl (C=O) groups is 1. The minimum Gasteiger partial charge on any atom is -0.480 e. The van der Waals surface area contributed by atoms with Crippen LogP contribution in [0.3, 0.4) is 0 Å². The van der Waals surface area contributed by atoms with Gasteiger partial charge < -0.3 is 19.1 Å². The molecule has 1 aliphatic heterocycles. The summed E-state index contributed by atoms with van der Waals surface area (Å²) >= 11 is 3.36. The lowest BCUT2D eigenvalue weighted by atomic mass is 10.1. The van der Waals surface area contributed by atoms with Crippen LogP contribution in [0.4, 0.5) is 0 Å². The van der Waals surface area contributed by atoms with Crippen LogP contribution in [0.1, 0.15) is 34.0 Å². The Morgan fingerprint density at radius 2 is 2.21 bits per heavy atom. The van der Waals surface area contributed by atoms with Crippen LogP contribution in [-0.2, 0) is 17.7 Å². The quantitative estimate of drug-likeness (QED) is 0.620. The van der Waals surface area contributed by atoms with E-state index in [0.29, 0.717) is 29.1 Å². The standard InChI is InChI=1S/C19H19BrN4O4/c1-10-5-11(19(25)26)6-14-17(10)23-16(24(14)9-12-3-4-28-12)7-15-21-8-13(20)18(22-15)27-2/h5-6,8,12H,3-4,7,9H2,1-2H3,(H,25,26). The molecule has 3 heterocycles. The molecule has 4 rings (SSSR count). The predicted molar refractivity (Wildman–Crippen MR) is 105 cm³/mol. The monoisotopic (exact) mass is 446 g/mol. The number of aryl methyl sites for hydroxylation is 1. The van der Waals surface area contributed by atoms with Crippen molar-refractivity contribution in [1.82, 2.24) is 19.5 Å².